The molecule has 0 aliphatic rings. The van der Waals surface area contributed by atoms with Crippen LogP contribution in [-0.2, 0) is 47.0 Å². The number of aromatic hydroxyl groups is 1. The van der Waals surface area contributed by atoms with Crippen LogP contribution >= 0.6 is 0 Å². The van der Waals surface area contributed by atoms with E-state index >= 15 is 0 Å². The minimum Gasteiger partial charge on any atom is -0.506 e. The van der Waals surface area contributed by atoms with Crippen LogP contribution in [-0.4, -0.2) is 38.7 Å². The molecule has 0 aliphatic carbocycles. The largest absolute Gasteiger partial charge is 1.00 e. The molecular weight excluding hydrogens is 664 g/mol. The molecule has 219 valence electrons. The molecule has 42 heavy (non-hydrogen) atoms. The number of azo groups is 1. The van der Waals surface area contributed by atoms with Gasteiger partial charge in [-0.2, -0.15) is 9.32 Å². The zero-order chi connectivity index (χ0) is 29.1. The van der Waals surface area contributed by atoms with Crippen LogP contribution in [0, 0.1) is 6.92 Å². The fourth-order valence-electron chi connectivity index (χ4n) is 3.44. The first-order chi connectivity index (χ1) is 18.9. The summed E-state index contributed by atoms with van der Waals surface area (Å²) in [6, 6.07) is 15.5. The second-order valence-corrected chi connectivity index (χ2v) is 12.0. The predicted molar refractivity (Wildman–Crippen MR) is 150 cm³/mol. The van der Waals surface area contributed by atoms with Gasteiger partial charge in [-0.05, 0) is 61.5 Å². The first-order valence-corrected chi connectivity index (χ1v) is 15.3. The number of phenols is 1. The molecule has 0 saturated heterocycles. The topological polar surface area (TPSA) is 182 Å². The van der Waals surface area contributed by atoms with E-state index < -0.39 is 24.6 Å². The quantitative estimate of drug-likeness (QED) is 0.124. The van der Waals surface area contributed by atoms with Crippen LogP contribution in [0.2, 0.25) is 0 Å². The maximum Gasteiger partial charge on any atom is 1.00 e. The van der Waals surface area contributed by atoms with Crippen molar-refractivity contribution in [1.82, 2.24) is 9.78 Å². The standard InChI is InChI=1S/C24H22N5O8S3.Co.Na/c1-3-36-22-7-5-4-6-19(22)28-39(32,33)18-12-13-21(30)20(14-18)25-26-23-15(2)27-29(24(23)31)16-8-10-17(11-9-16)37-40(34,35)38;;/h4-14,28,30H,3H2,1-2H3,(H,34,35,38);;/q-1;;+1. The molecule has 1 radical (unpaired) electrons. The third-order valence-corrected chi connectivity index (χ3v) is 7.19. The number of nitrogens with one attached hydrogen (secondary N) is 1. The van der Waals surface area contributed by atoms with E-state index in [4.69, 9.17) is 13.5 Å². The van der Waals surface area contributed by atoms with E-state index in [0.717, 1.165) is 16.8 Å². The number of anilines is 1. The van der Waals surface area contributed by atoms with Gasteiger partial charge in [-0.15, -0.1) is 5.69 Å². The second-order valence-electron chi connectivity index (χ2n) is 8.04. The Bertz CT molecular complexity index is 1860. The van der Waals surface area contributed by atoms with Crippen molar-refractivity contribution in [3.63, 3.8) is 0 Å². The number of benzene rings is 3. The number of para-hydroxylation sites is 2. The van der Waals surface area contributed by atoms with Crippen molar-refractivity contribution < 1.29 is 77.5 Å². The van der Waals surface area contributed by atoms with Crippen molar-refractivity contribution >= 4 is 47.3 Å². The summed E-state index contributed by atoms with van der Waals surface area (Å²) in [7, 11) is -7.99. The fraction of sp³-hybridized carbons (Fsp3) is 0.125. The molecule has 13 nitrogen and oxygen atoms in total. The molecule has 0 bridgehead atoms. The molecule has 3 aromatic carbocycles. The average Bonchev–Trinajstić information content (AvgIpc) is 3.17. The predicted octanol–water partition coefficient (Wildman–Crippen LogP) is 1.09. The molecule has 0 amide bonds. The van der Waals surface area contributed by atoms with E-state index in [1.807, 2.05) is 0 Å². The normalized spacial score (nSPS) is 12.5. The first-order valence-electron chi connectivity index (χ1n) is 11.4. The molecule has 3 N–H and O–H groups in total. The van der Waals surface area contributed by atoms with Crippen molar-refractivity contribution in [2.75, 3.05) is 11.3 Å². The van der Waals surface area contributed by atoms with E-state index in [1.54, 1.807) is 31.2 Å². The van der Waals surface area contributed by atoms with Gasteiger partial charge in [0.05, 0.1) is 34.1 Å². The summed E-state index contributed by atoms with van der Waals surface area (Å²) in [5, 5.41) is 22.2. The molecule has 0 saturated carbocycles. The number of nitrogens with zero attached hydrogens (tertiary/aromatic N) is 4. The summed E-state index contributed by atoms with van der Waals surface area (Å²) < 4.78 is 60.1. The van der Waals surface area contributed by atoms with Gasteiger partial charge in [0, 0.05) is 16.8 Å². The Morgan fingerprint density at radius 3 is 2.40 bits per heavy atom. The van der Waals surface area contributed by atoms with Gasteiger partial charge in [0.2, 0.25) is 0 Å². The van der Waals surface area contributed by atoms with Crippen LogP contribution in [0.15, 0.2) is 86.6 Å². The number of hydrogen-bond acceptors (Lipinski definition) is 11. The average molecular weight is 687 g/mol. The molecule has 0 aliphatic heterocycles. The van der Waals surface area contributed by atoms with E-state index in [9.17, 15) is 22.5 Å². The van der Waals surface area contributed by atoms with Crippen LogP contribution in [0.3, 0.4) is 0 Å². The van der Waals surface area contributed by atoms with E-state index in [0.29, 0.717) is 18.0 Å². The Hall–Kier alpha value is -2.74. The summed E-state index contributed by atoms with van der Waals surface area (Å²) in [5.41, 5.74) is -0.276. The molecule has 1 heterocycles. The van der Waals surface area contributed by atoms with Crippen molar-refractivity contribution in [2.24, 2.45) is 10.2 Å². The van der Waals surface area contributed by atoms with Gasteiger partial charge in [-0.25, -0.2) is 18.2 Å². The maximum absolute atomic E-state index is 13.0. The molecule has 0 fully saturated rings. The Kier molecular flexibility index (Phi) is 12.3. The summed E-state index contributed by atoms with van der Waals surface area (Å²) in [4.78, 5) is 12.7. The molecule has 0 spiro atoms. The Labute approximate surface area is 278 Å². The van der Waals surface area contributed by atoms with E-state index in [2.05, 4.69) is 31.2 Å². The monoisotopic (exact) mass is 686 g/mol. The van der Waals surface area contributed by atoms with Crippen LogP contribution in [0.1, 0.15) is 12.6 Å². The summed E-state index contributed by atoms with van der Waals surface area (Å²) in [5.74, 6) is -0.00494. The van der Waals surface area contributed by atoms with Crippen molar-refractivity contribution in [1.29, 1.82) is 0 Å². The zero-order valence-corrected chi connectivity index (χ0v) is 27.7. The number of rotatable bonds is 10. The van der Waals surface area contributed by atoms with Gasteiger partial charge in [0.15, 0.2) is 0 Å². The molecule has 1 unspecified atom stereocenters. The molecule has 1 atom stereocenters. The van der Waals surface area contributed by atoms with Crippen LogP contribution in [0.5, 0.6) is 17.2 Å². The summed E-state index contributed by atoms with van der Waals surface area (Å²) in [6.07, 6.45) is 0. The van der Waals surface area contributed by atoms with Gasteiger partial charge < -0.3 is 23.9 Å². The van der Waals surface area contributed by atoms with Gasteiger partial charge >= 0.3 is 38.6 Å². The Morgan fingerprint density at radius 2 is 1.76 bits per heavy atom. The number of aromatic nitrogens is 2. The van der Waals surface area contributed by atoms with Crippen LogP contribution in [0.4, 0.5) is 17.1 Å². The molecular formula is C24H22CoN5NaO8S3. The van der Waals surface area contributed by atoms with Gasteiger partial charge in [0.25, 0.3) is 10.0 Å². The van der Waals surface area contributed by atoms with Crippen molar-refractivity contribution in [3.8, 4) is 22.9 Å². The molecule has 4 aromatic rings. The van der Waals surface area contributed by atoms with Crippen LogP contribution < -0.4 is 48.8 Å². The fourth-order valence-corrected chi connectivity index (χ4v) is 5.12. The Balaban J connectivity index is 0.00000308. The SMILES string of the molecule is CCOc1ccccc1NS(=O)(=O)c1ccc(O)c(N=N[c-]2c(C)nn(-c3ccc(OS(=O)(O)=S)cc3)c2=O)c1.[Co].[Na+]. The maximum atomic E-state index is 13.0. The molecule has 18 heteroatoms. The van der Waals surface area contributed by atoms with Crippen molar-refractivity contribution in [3.05, 3.63) is 82.8 Å². The number of phenolic OH excluding ortho intramolecular Hbond substituents is 1. The Morgan fingerprint density at radius 1 is 1.10 bits per heavy atom. The van der Waals surface area contributed by atoms with Gasteiger partial charge in [0.1, 0.15) is 28.5 Å². The van der Waals surface area contributed by atoms with Crippen molar-refractivity contribution in [2.45, 2.75) is 18.7 Å². The van der Waals surface area contributed by atoms with Gasteiger partial charge in [-0.1, -0.05) is 24.8 Å². The van der Waals surface area contributed by atoms with E-state index in [1.165, 1.54) is 37.3 Å². The number of aryl methyl sites for hydroxylation is 1. The summed E-state index contributed by atoms with van der Waals surface area (Å²) >= 11 is 4.30. The first kappa shape index (κ1) is 35.5. The molecule has 1 aromatic heterocycles. The minimum absolute atomic E-state index is 0. The molecule has 4 rings (SSSR count). The van der Waals surface area contributed by atoms with Crippen LogP contribution in [0.25, 0.3) is 5.69 Å². The third-order valence-electron chi connectivity index (χ3n) is 5.22. The third kappa shape index (κ3) is 8.65. The zero-order valence-electron chi connectivity index (χ0n) is 22.2. The summed E-state index contributed by atoms with van der Waals surface area (Å²) in [6.45, 7) is 3.62. The number of sulfonamides is 1. The number of ether oxygens (including phenoxy) is 1. The minimum atomic E-state index is -4.11. The van der Waals surface area contributed by atoms with Gasteiger partial charge in [-0.3, -0.25) is 9.27 Å². The van der Waals surface area contributed by atoms with E-state index in [-0.39, 0.29) is 85.5 Å². The smallest absolute Gasteiger partial charge is 0.506 e. The number of hydrogen-bond donors (Lipinski definition) is 3. The second kappa shape index (κ2) is 14.6.